The molecule has 4 N–H and O–H groups in total. The van der Waals surface area contributed by atoms with E-state index in [9.17, 15) is 14.7 Å². The van der Waals surface area contributed by atoms with Crippen molar-refractivity contribution in [2.75, 3.05) is 5.32 Å². The maximum Gasteiger partial charge on any atom is 0.269 e. The van der Waals surface area contributed by atoms with Gasteiger partial charge in [0, 0.05) is 11.3 Å². The Kier molecular flexibility index (Phi) is 3.89. The number of H-pyrrole nitrogens is 1. The molecule has 2 amide bonds. The summed E-state index contributed by atoms with van der Waals surface area (Å²) in [6, 6.07) is 15.3. The van der Waals surface area contributed by atoms with Crippen LogP contribution in [0.2, 0.25) is 0 Å². The average Bonchev–Trinajstić information content (AvgIpc) is 3.12. The van der Waals surface area contributed by atoms with Gasteiger partial charge in [0.2, 0.25) is 5.91 Å². The second kappa shape index (κ2) is 6.36. The van der Waals surface area contributed by atoms with Crippen LogP contribution in [0, 0.1) is 0 Å². The van der Waals surface area contributed by atoms with Crippen LogP contribution >= 0.6 is 0 Å². The van der Waals surface area contributed by atoms with Gasteiger partial charge < -0.3 is 15.7 Å². The highest BCUT2D eigenvalue weighted by molar-refractivity contribution is 5.97. The zero-order valence-corrected chi connectivity index (χ0v) is 13.7. The Balaban J connectivity index is 1.57. The molecule has 4 rings (SSSR count). The van der Waals surface area contributed by atoms with E-state index >= 15 is 0 Å². The van der Waals surface area contributed by atoms with Gasteiger partial charge in [0.05, 0.1) is 18.2 Å². The van der Waals surface area contributed by atoms with E-state index in [1.807, 2.05) is 18.2 Å². The van der Waals surface area contributed by atoms with Gasteiger partial charge in [-0.05, 0) is 29.8 Å². The molecule has 7 heteroatoms. The molecular formula is C19H16N4O3. The van der Waals surface area contributed by atoms with Crippen molar-refractivity contribution < 1.29 is 14.7 Å². The Hall–Kier alpha value is -3.61. The summed E-state index contributed by atoms with van der Waals surface area (Å²) in [5.74, 6) is -0.425. The van der Waals surface area contributed by atoms with Gasteiger partial charge in [0.15, 0.2) is 0 Å². The van der Waals surface area contributed by atoms with Crippen molar-refractivity contribution >= 4 is 17.5 Å². The van der Waals surface area contributed by atoms with Crippen molar-refractivity contribution in [2.24, 2.45) is 0 Å². The average molecular weight is 348 g/mol. The number of amides is 2. The van der Waals surface area contributed by atoms with Crippen LogP contribution in [0.25, 0.3) is 11.3 Å². The van der Waals surface area contributed by atoms with E-state index in [4.69, 9.17) is 0 Å². The molecule has 0 saturated heterocycles. The number of nitrogens with one attached hydrogen (secondary N) is 3. The van der Waals surface area contributed by atoms with Crippen LogP contribution in [-0.2, 0) is 4.79 Å². The number of carbonyl (C=O) groups is 2. The summed E-state index contributed by atoms with van der Waals surface area (Å²) in [5.41, 5.74) is 2.82. The molecule has 2 heterocycles. The number of aromatic amines is 1. The second-order valence-electron chi connectivity index (χ2n) is 6.05. The van der Waals surface area contributed by atoms with Gasteiger partial charge in [0.1, 0.15) is 11.4 Å². The maximum atomic E-state index is 12.6. The molecule has 0 aliphatic carbocycles. The molecule has 1 aromatic heterocycles. The minimum absolute atomic E-state index is 0.0869. The molecule has 130 valence electrons. The highest BCUT2D eigenvalue weighted by Crippen LogP contribution is 2.31. The number of aromatic hydroxyl groups is 1. The quantitative estimate of drug-likeness (QED) is 0.583. The highest BCUT2D eigenvalue weighted by atomic mass is 16.3. The monoisotopic (exact) mass is 348 g/mol. The van der Waals surface area contributed by atoms with Crippen LogP contribution in [-0.4, -0.2) is 27.1 Å². The minimum atomic E-state index is -0.413. The van der Waals surface area contributed by atoms with Crippen molar-refractivity contribution in [3.05, 3.63) is 65.9 Å². The van der Waals surface area contributed by atoms with E-state index in [1.165, 1.54) is 0 Å². The largest absolute Gasteiger partial charge is 0.507 e. The SMILES string of the molecule is O=C1C[C@H](NC(=O)c2cc(-c3ccccc3O)n[nH]2)c2ccccc2N1. The molecule has 1 atom stereocenters. The third kappa shape index (κ3) is 2.90. The predicted octanol–water partition coefficient (Wildman–Crippen LogP) is 2.60. The number of carbonyl (C=O) groups excluding carboxylic acids is 2. The number of hydrogen-bond donors (Lipinski definition) is 4. The van der Waals surface area contributed by atoms with E-state index < -0.39 is 6.04 Å². The Labute approximate surface area is 149 Å². The lowest BCUT2D eigenvalue weighted by molar-refractivity contribution is -0.116. The number of phenols is 1. The molecule has 0 fully saturated rings. The van der Waals surface area contributed by atoms with E-state index in [2.05, 4.69) is 20.8 Å². The predicted molar refractivity (Wildman–Crippen MR) is 95.6 cm³/mol. The lowest BCUT2D eigenvalue weighted by Crippen LogP contribution is -2.35. The summed E-state index contributed by atoms with van der Waals surface area (Å²) in [6.45, 7) is 0. The number of fused-ring (bicyclic) bond motifs is 1. The molecule has 0 spiro atoms. The first kappa shape index (κ1) is 15.9. The molecule has 26 heavy (non-hydrogen) atoms. The van der Waals surface area contributed by atoms with Crippen LogP contribution in [0.15, 0.2) is 54.6 Å². The van der Waals surface area contributed by atoms with Gasteiger partial charge in [-0.25, -0.2) is 0 Å². The highest BCUT2D eigenvalue weighted by Gasteiger charge is 2.27. The Morgan fingerprint density at radius 2 is 1.92 bits per heavy atom. The van der Waals surface area contributed by atoms with Gasteiger partial charge >= 0.3 is 0 Å². The summed E-state index contributed by atoms with van der Waals surface area (Å²) in [7, 11) is 0. The number of benzene rings is 2. The number of hydrogen-bond acceptors (Lipinski definition) is 4. The fourth-order valence-corrected chi connectivity index (χ4v) is 3.04. The molecule has 7 nitrogen and oxygen atoms in total. The molecule has 3 aromatic rings. The lowest BCUT2D eigenvalue weighted by atomic mass is 9.97. The van der Waals surface area contributed by atoms with Gasteiger partial charge in [-0.15, -0.1) is 0 Å². The van der Waals surface area contributed by atoms with Crippen LogP contribution in [0.1, 0.15) is 28.5 Å². The van der Waals surface area contributed by atoms with E-state index in [0.717, 1.165) is 5.56 Å². The first-order valence-corrected chi connectivity index (χ1v) is 8.15. The van der Waals surface area contributed by atoms with Crippen molar-refractivity contribution in [2.45, 2.75) is 12.5 Å². The van der Waals surface area contributed by atoms with Crippen molar-refractivity contribution in [1.29, 1.82) is 0 Å². The molecule has 0 radical (unpaired) electrons. The number of phenolic OH excluding ortho intramolecular Hbond substituents is 1. The smallest absolute Gasteiger partial charge is 0.269 e. The van der Waals surface area contributed by atoms with E-state index in [0.29, 0.717) is 16.9 Å². The fourth-order valence-electron chi connectivity index (χ4n) is 3.04. The Morgan fingerprint density at radius 1 is 1.15 bits per heavy atom. The van der Waals surface area contributed by atoms with Crippen molar-refractivity contribution in [3.8, 4) is 17.0 Å². The third-order valence-corrected chi connectivity index (χ3v) is 4.31. The topological polar surface area (TPSA) is 107 Å². The Morgan fingerprint density at radius 3 is 2.77 bits per heavy atom. The lowest BCUT2D eigenvalue weighted by Gasteiger charge is -2.26. The van der Waals surface area contributed by atoms with Crippen LogP contribution in [0.5, 0.6) is 5.75 Å². The van der Waals surface area contributed by atoms with Crippen LogP contribution in [0.4, 0.5) is 5.69 Å². The molecule has 2 aromatic carbocycles. The molecular weight excluding hydrogens is 332 g/mol. The summed E-state index contributed by atoms with van der Waals surface area (Å²) >= 11 is 0. The van der Waals surface area contributed by atoms with Crippen LogP contribution < -0.4 is 10.6 Å². The van der Waals surface area contributed by atoms with Gasteiger partial charge in [-0.1, -0.05) is 30.3 Å². The number of anilines is 1. The van der Waals surface area contributed by atoms with Gasteiger partial charge in [-0.2, -0.15) is 5.10 Å². The number of para-hydroxylation sites is 2. The summed E-state index contributed by atoms with van der Waals surface area (Å²) in [4.78, 5) is 24.5. The fraction of sp³-hybridized carbons (Fsp3) is 0.105. The maximum absolute atomic E-state index is 12.6. The zero-order valence-electron chi connectivity index (χ0n) is 13.7. The molecule has 1 aliphatic rings. The minimum Gasteiger partial charge on any atom is -0.507 e. The summed E-state index contributed by atoms with van der Waals surface area (Å²) < 4.78 is 0. The standard InChI is InChI=1S/C19H16N4O3/c24-17-8-4-2-6-12(17)15-9-16(23-22-15)19(26)21-14-10-18(25)20-13-7-3-1-5-11(13)14/h1-9,14,24H,10H2,(H,20,25)(H,21,26)(H,22,23)/t14-/m0/s1. The number of aromatic nitrogens is 2. The number of nitrogens with zero attached hydrogens (tertiary/aromatic N) is 1. The van der Waals surface area contributed by atoms with Crippen molar-refractivity contribution in [3.63, 3.8) is 0 Å². The molecule has 0 bridgehead atoms. The van der Waals surface area contributed by atoms with Crippen LogP contribution in [0.3, 0.4) is 0 Å². The zero-order chi connectivity index (χ0) is 18.1. The van der Waals surface area contributed by atoms with Gasteiger partial charge in [-0.3, -0.25) is 14.7 Å². The molecule has 0 saturated carbocycles. The molecule has 1 aliphatic heterocycles. The first-order valence-electron chi connectivity index (χ1n) is 8.15. The summed E-state index contributed by atoms with van der Waals surface area (Å²) in [5, 5.41) is 22.4. The second-order valence-corrected chi connectivity index (χ2v) is 6.05. The third-order valence-electron chi connectivity index (χ3n) is 4.31. The Bertz CT molecular complexity index is 996. The normalized spacial score (nSPS) is 15.8. The first-order chi connectivity index (χ1) is 12.6. The summed E-state index contributed by atoms with van der Waals surface area (Å²) in [6.07, 6.45) is 0.170. The van der Waals surface area contributed by atoms with Crippen molar-refractivity contribution in [1.82, 2.24) is 15.5 Å². The van der Waals surface area contributed by atoms with E-state index in [-0.39, 0.29) is 29.7 Å². The van der Waals surface area contributed by atoms with Gasteiger partial charge in [0.25, 0.3) is 5.91 Å². The molecule has 0 unspecified atom stereocenters. The number of rotatable bonds is 3. The van der Waals surface area contributed by atoms with E-state index in [1.54, 1.807) is 36.4 Å².